The first-order valence-corrected chi connectivity index (χ1v) is 14.7. The third-order valence-corrected chi connectivity index (χ3v) is 7.22. The summed E-state index contributed by atoms with van der Waals surface area (Å²) in [5.74, 6) is 1.82. The van der Waals surface area contributed by atoms with Gasteiger partial charge in [0.05, 0.1) is 26.4 Å². The Bertz CT molecular complexity index is 1360. The van der Waals surface area contributed by atoms with Gasteiger partial charge in [0, 0.05) is 68.9 Å². The van der Waals surface area contributed by atoms with Crippen LogP contribution in [0.2, 0.25) is 0 Å². The number of urea groups is 2. The van der Waals surface area contributed by atoms with Crippen molar-refractivity contribution in [2.24, 2.45) is 0 Å². The molecule has 0 bridgehead atoms. The standard InChI is InChI=1S/C30H40N10O4/c1-37(2)12-13-38(3)30(42)33-25-10-8-24(9-11-25)32-29(41)31-23-6-4-22(5-7-23)26-34-27(39-14-18-43-19-15-39)36-28(35-26)40-16-20-44-21-17-40/h4-11H,12-21H2,1-3H3,(H,33,42)(H2,31,32,41). The monoisotopic (exact) mass is 604 g/mol. The van der Waals surface area contributed by atoms with Crippen molar-refractivity contribution >= 4 is 41.0 Å². The zero-order valence-electron chi connectivity index (χ0n) is 25.5. The zero-order valence-corrected chi connectivity index (χ0v) is 25.5. The molecule has 3 N–H and O–H groups in total. The molecule has 14 nitrogen and oxygen atoms in total. The number of morpholine rings is 2. The van der Waals surface area contributed by atoms with Crippen LogP contribution in [-0.2, 0) is 9.47 Å². The number of rotatable bonds is 9. The summed E-state index contributed by atoms with van der Waals surface area (Å²) in [6.07, 6.45) is 0. The van der Waals surface area contributed by atoms with E-state index in [1.165, 1.54) is 0 Å². The largest absolute Gasteiger partial charge is 0.378 e. The minimum Gasteiger partial charge on any atom is -0.378 e. The summed E-state index contributed by atoms with van der Waals surface area (Å²) in [6, 6.07) is 13.8. The smallest absolute Gasteiger partial charge is 0.323 e. The second kappa shape index (κ2) is 14.8. The average molecular weight is 605 g/mol. The first kappa shape index (κ1) is 30.9. The highest BCUT2D eigenvalue weighted by Crippen LogP contribution is 2.24. The molecule has 0 saturated carbocycles. The van der Waals surface area contributed by atoms with Gasteiger partial charge >= 0.3 is 12.1 Å². The molecule has 3 heterocycles. The molecule has 0 atom stereocenters. The molecule has 234 valence electrons. The molecule has 1 aromatic heterocycles. The second-order valence-electron chi connectivity index (χ2n) is 10.8. The maximum Gasteiger partial charge on any atom is 0.323 e. The van der Waals surface area contributed by atoms with Gasteiger partial charge in [0.25, 0.3) is 0 Å². The number of hydrogen-bond donors (Lipinski definition) is 3. The van der Waals surface area contributed by atoms with Crippen LogP contribution in [0, 0.1) is 0 Å². The molecule has 44 heavy (non-hydrogen) atoms. The highest BCUT2D eigenvalue weighted by atomic mass is 16.5. The van der Waals surface area contributed by atoms with E-state index in [1.807, 2.05) is 43.3 Å². The molecule has 4 amide bonds. The van der Waals surface area contributed by atoms with Crippen LogP contribution in [0.3, 0.4) is 0 Å². The second-order valence-corrected chi connectivity index (χ2v) is 10.8. The molecule has 0 unspecified atom stereocenters. The van der Waals surface area contributed by atoms with Gasteiger partial charge < -0.3 is 45.0 Å². The molecule has 0 aliphatic carbocycles. The van der Waals surface area contributed by atoms with E-state index < -0.39 is 0 Å². The van der Waals surface area contributed by atoms with Gasteiger partial charge in [-0.15, -0.1) is 0 Å². The topological polar surface area (TPSA) is 140 Å². The number of nitrogens with one attached hydrogen (secondary N) is 3. The van der Waals surface area contributed by atoms with Crippen molar-refractivity contribution < 1.29 is 19.1 Å². The lowest BCUT2D eigenvalue weighted by Gasteiger charge is -2.30. The SMILES string of the molecule is CN(C)CCN(C)C(=O)Nc1ccc(NC(=O)Nc2ccc(-c3nc(N4CCOCC4)nc(N4CCOCC4)n3)cc2)cc1. The fourth-order valence-corrected chi connectivity index (χ4v) is 4.60. The van der Waals surface area contributed by atoms with Crippen molar-refractivity contribution in [3.05, 3.63) is 48.5 Å². The van der Waals surface area contributed by atoms with Gasteiger partial charge in [0.1, 0.15) is 0 Å². The van der Waals surface area contributed by atoms with Crippen LogP contribution < -0.4 is 25.8 Å². The van der Waals surface area contributed by atoms with Crippen LogP contribution in [0.1, 0.15) is 0 Å². The Morgan fingerprint density at radius 2 is 1.14 bits per heavy atom. The minimum atomic E-state index is -0.387. The molecule has 5 rings (SSSR count). The lowest BCUT2D eigenvalue weighted by Crippen LogP contribution is -2.40. The Morgan fingerprint density at radius 1 is 0.682 bits per heavy atom. The number of amides is 4. The van der Waals surface area contributed by atoms with Crippen molar-refractivity contribution in [2.45, 2.75) is 0 Å². The number of likely N-dealkylation sites (N-methyl/N-ethyl adjacent to an activating group) is 2. The molecule has 3 aromatic rings. The Hall–Kier alpha value is -4.53. The number of ether oxygens (including phenoxy) is 2. The first-order chi connectivity index (χ1) is 21.3. The van der Waals surface area contributed by atoms with Gasteiger partial charge in [-0.1, -0.05) is 0 Å². The molecule has 2 saturated heterocycles. The fourth-order valence-electron chi connectivity index (χ4n) is 4.60. The van der Waals surface area contributed by atoms with E-state index >= 15 is 0 Å². The third-order valence-electron chi connectivity index (χ3n) is 7.22. The predicted molar refractivity (Wildman–Crippen MR) is 171 cm³/mol. The van der Waals surface area contributed by atoms with E-state index in [2.05, 4.69) is 25.8 Å². The third kappa shape index (κ3) is 8.52. The number of anilines is 5. The molecule has 2 aromatic carbocycles. The predicted octanol–water partition coefficient (Wildman–Crippen LogP) is 2.88. The van der Waals surface area contributed by atoms with E-state index in [-0.39, 0.29) is 12.1 Å². The highest BCUT2D eigenvalue weighted by molar-refractivity contribution is 6.00. The molecule has 0 radical (unpaired) electrons. The normalized spacial score (nSPS) is 15.2. The maximum absolute atomic E-state index is 12.7. The maximum atomic E-state index is 12.7. The van der Waals surface area contributed by atoms with E-state index in [0.717, 1.165) is 38.3 Å². The Morgan fingerprint density at radius 3 is 1.61 bits per heavy atom. The summed E-state index contributed by atoms with van der Waals surface area (Å²) in [5.41, 5.74) is 2.66. The number of nitrogens with zero attached hydrogens (tertiary/aromatic N) is 7. The first-order valence-electron chi connectivity index (χ1n) is 14.7. The molecule has 0 spiro atoms. The van der Waals surface area contributed by atoms with Gasteiger partial charge in [-0.25, -0.2) is 9.59 Å². The van der Waals surface area contributed by atoms with E-state index in [9.17, 15) is 9.59 Å². The Kier molecular flexibility index (Phi) is 10.4. The van der Waals surface area contributed by atoms with Crippen molar-refractivity contribution in [2.75, 3.05) is 113 Å². The van der Waals surface area contributed by atoms with Crippen molar-refractivity contribution in [1.82, 2.24) is 24.8 Å². The molecule has 2 fully saturated rings. The molecular weight excluding hydrogens is 564 g/mol. The lowest BCUT2D eigenvalue weighted by atomic mass is 10.2. The summed E-state index contributed by atoms with van der Waals surface area (Å²) in [6.45, 7) is 6.78. The van der Waals surface area contributed by atoms with Gasteiger partial charge in [0.2, 0.25) is 11.9 Å². The molecular formula is C30H40N10O4. The van der Waals surface area contributed by atoms with Gasteiger partial charge in [-0.3, -0.25) is 0 Å². The van der Waals surface area contributed by atoms with Crippen molar-refractivity contribution in [1.29, 1.82) is 0 Å². The van der Waals surface area contributed by atoms with Crippen LogP contribution in [0.5, 0.6) is 0 Å². The summed E-state index contributed by atoms with van der Waals surface area (Å²) in [5, 5.41) is 8.53. The van der Waals surface area contributed by atoms with E-state index in [0.29, 0.717) is 67.8 Å². The molecule has 2 aliphatic heterocycles. The molecule has 14 heteroatoms. The van der Waals surface area contributed by atoms with Gasteiger partial charge in [0.15, 0.2) is 5.82 Å². The average Bonchev–Trinajstić information content (AvgIpc) is 3.05. The number of benzene rings is 2. The van der Waals surface area contributed by atoms with Gasteiger partial charge in [-0.2, -0.15) is 15.0 Å². The zero-order chi connectivity index (χ0) is 30.9. The van der Waals surface area contributed by atoms with E-state index in [1.54, 1.807) is 36.2 Å². The lowest BCUT2D eigenvalue weighted by molar-refractivity contribution is 0.121. The van der Waals surface area contributed by atoms with Crippen LogP contribution in [0.15, 0.2) is 48.5 Å². The van der Waals surface area contributed by atoms with E-state index in [4.69, 9.17) is 24.4 Å². The van der Waals surface area contributed by atoms with Crippen LogP contribution >= 0.6 is 0 Å². The number of carbonyl (C=O) groups excluding carboxylic acids is 2. The summed E-state index contributed by atoms with van der Waals surface area (Å²) in [4.78, 5) is 47.3. The Balaban J connectivity index is 1.20. The van der Waals surface area contributed by atoms with Gasteiger partial charge in [-0.05, 0) is 62.6 Å². The minimum absolute atomic E-state index is 0.194. The fraction of sp³-hybridized carbons (Fsp3) is 0.433. The summed E-state index contributed by atoms with van der Waals surface area (Å²) >= 11 is 0. The molecule has 2 aliphatic rings. The van der Waals surface area contributed by atoms with Crippen LogP contribution in [0.25, 0.3) is 11.4 Å². The summed E-state index contributed by atoms with van der Waals surface area (Å²) < 4.78 is 11.0. The Labute approximate surface area is 257 Å². The van der Waals surface area contributed by atoms with Crippen LogP contribution in [-0.4, -0.2) is 124 Å². The van der Waals surface area contributed by atoms with Crippen molar-refractivity contribution in [3.8, 4) is 11.4 Å². The summed E-state index contributed by atoms with van der Waals surface area (Å²) in [7, 11) is 5.68. The van der Waals surface area contributed by atoms with Crippen molar-refractivity contribution in [3.63, 3.8) is 0 Å². The quantitative estimate of drug-likeness (QED) is 0.334. The number of carbonyl (C=O) groups is 2. The number of hydrogen-bond acceptors (Lipinski definition) is 10. The van der Waals surface area contributed by atoms with Crippen LogP contribution in [0.4, 0.5) is 38.5 Å². The number of aromatic nitrogens is 3. The highest BCUT2D eigenvalue weighted by Gasteiger charge is 2.21.